The molecule has 3 rings (SSSR count). The molecular weight excluding hydrogens is 384 g/mol. The first-order valence-corrected chi connectivity index (χ1v) is 10.2. The van der Waals surface area contributed by atoms with Crippen LogP contribution in [0.25, 0.3) is 16.6 Å². The van der Waals surface area contributed by atoms with Crippen LogP contribution in [-0.2, 0) is 4.79 Å². The fourth-order valence-electron chi connectivity index (χ4n) is 3.06. The second kappa shape index (κ2) is 8.93. The van der Waals surface area contributed by atoms with Crippen LogP contribution >= 0.6 is 11.8 Å². The van der Waals surface area contributed by atoms with Gasteiger partial charge in [0.25, 0.3) is 5.56 Å². The first-order valence-electron chi connectivity index (χ1n) is 9.25. The van der Waals surface area contributed by atoms with E-state index in [1.807, 2.05) is 50.2 Å². The van der Waals surface area contributed by atoms with E-state index >= 15 is 0 Å². The summed E-state index contributed by atoms with van der Waals surface area (Å²) < 4.78 is 1.59. The van der Waals surface area contributed by atoms with Crippen LogP contribution in [0, 0.1) is 25.2 Å². The average molecular weight is 407 g/mol. The molecule has 1 amide bonds. The van der Waals surface area contributed by atoms with Crippen molar-refractivity contribution in [3.63, 3.8) is 0 Å². The molecule has 148 valence electrons. The molecule has 0 aliphatic rings. The Morgan fingerprint density at radius 1 is 1.24 bits per heavy atom. The smallest absolute Gasteiger partial charge is 0.266 e. The van der Waals surface area contributed by atoms with Gasteiger partial charge >= 0.3 is 0 Å². The predicted octanol–water partition coefficient (Wildman–Crippen LogP) is 3.47. The van der Waals surface area contributed by atoms with Gasteiger partial charge < -0.3 is 4.90 Å². The van der Waals surface area contributed by atoms with Crippen molar-refractivity contribution in [3.8, 4) is 11.8 Å². The number of amides is 1. The molecule has 2 aromatic carbocycles. The van der Waals surface area contributed by atoms with Gasteiger partial charge in [-0.25, -0.2) is 4.98 Å². The Balaban J connectivity index is 2.05. The number of nitrogens with zero attached hydrogens (tertiary/aromatic N) is 4. The number of fused-ring (bicyclic) bond motifs is 1. The summed E-state index contributed by atoms with van der Waals surface area (Å²) in [6.07, 6.45) is 0.286. The van der Waals surface area contributed by atoms with Gasteiger partial charge in [-0.1, -0.05) is 41.6 Å². The summed E-state index contributed by atoms with van der Waals surface area (Å²) in [6, 6.07) is 15.1. The second-order valence-electron chi connectivity index (χ2n) is 6.85. The van der Waals surface area contributed by atoms with Crippen molar-refractivity contribution in [1.29, 1.82) is 5.26 Å². The number of carbonyl (C=O) groups is 1. The molecule has 0 atom stereocenters. The topological polar surface area (TPSA) is 79.0 Å². The maximum Gasteiger partial charge on any atom is 0.266 e. The van der Waals surface area contributed by atoms with E-state index < -0.39 is 0 Å². The molecule has 0 N–H and O–H groups in total. The highest BCUT2D eigenvalue weighted by Gasteiger charge is 2.17. The van der Waals surface area contributed by atoms with Gasteiger partial charge in [-0.15, -0.1) is 0 Å². The molecule has 0 spiro atoms. The van der Waals surface area contributed by atoms with Crippen molar-refractivity contribution in [2.45, 2.75) is 25.4 Å². The van der Waals surface area contributed by atoms with Gasteiger partial charge in [-0.2, -0.15) is 5.26 Å². The third kappa shape index (κ3) is 4.49. The first-order chi connectivity index (χ1) is 13.9. The fourth-order valence-corrected chi connectivity index (χ4v) is 4.00. The Bertz CT molecular complexity index is 1160. The molecular formula is C22H22N4O2S. The zero-order valence-corrected chi connectivity index (χ0v) is 17.5. The lowest BCUT2D eigenvalue weighted by Gasteiger charge is -2.17. The third-order valence-corrected chi connectivity index (χ3v) is 5.57. The highest BCUT2D eigenvalue weighted by molar-refractivity contribution is 7.99. The fraction of sp³-hybridized carbons (Fsp3) is 0.273. The van der Waals surface area contributed by atoms with E-state index in [1.165, 1.54) is 16.7 Å². The number of rotatable bonds is 6. The van der Waals surface area contributed by atoms with Crippen LogP contribution in [0.3, 0.4) is 0 Å². The molecule has 0 unspecified atom stereocenters. The first kappa shape index (κ1) is 20.6. The minimum absolute atomic E-state index is 0.111. The maximum atomic E-state index is 13.3. The summed E-state index contributed by atoms with van der Waals surface area (Å²) in [5.74, 6) is 0.0253. The number of thioether (sulfide) groups is 1. The summed E-state index contributed by atoms with van der Waals surface area (Å²) >= 11 is 1.23. The molecule has 1 aromatic heterocycles. The zero-order chi connectivity index (χ0) is 21.0. The molecule has 0 fully saturated rings. The average Bonchev–Trinajstić information content (AvgIpc) is 2.71. The Hall–Kier alpha value is -3.11. The van der Waals surface area contributed by atoms with Crippen molar-refractivity contribution >= 4 is 28.6 Å². The van der Waals surface area contributed by atoms with E-state index in [0.29, 0.717) is 22.6 Å². The van der Waals surface area contributed by atoms with Gasteiger partial charge in [0.05, 0.1) is 34.8 Å². The lowest BCUT2D eigenvalue weighted by Crippen LogP contribution is -2.29. The standard InChI is InChI=1S/C22H22N4O2S/c1-15-9-10-19(16(2)13-15)26-21(28)17-7-4-5-8-18(17)24-22(26)29-14-20(27)25(3)12-6-11-23/h4-5,7-10,13H,6,12,14H2,1-3H3. The van der Waals surface area contributed by atoms with Crippen LogP contribution in [-0.4, -0.2) is 39.7 Å². The molecule has 0 saturated carbocycles. The van der Waals surface area contributed by atoms with Gasteiger partial charge in [-0.3, -0.25) is 14.2 Å². The van der Waals surface area contributed by atoms with Crippen LogP contribution in [0.4, 0.5) is 0 Å². The minimum Gasteiger partial charge on any atom is -0.344 e. The maximum absolute atomic E-state index is 13.3. The van der Waals surface area contributed by atoms with Gasteiger partial charge in [-0.05, 0) is 37.6 Å². The molecule has 1 heterocycles. The molecule has 0 aliphatic heterocycles. The van der Waals surface area contributed by atoms with Crippen LogP contribution < -0.4 is 5.56 Å². The highest BCUT2D eigenvalue weighted by Crippen LogP contribution is 2.24. The number of aryl methyl sites for hydroxylation is 2. The second-order valence-corrected chi connectivity index (χ2v) is 7.80. The number of para-hydroxylation sites is 1. The molecule has 3 aromatic rings. The molecule has 6 nitrogen and oxygen atoms in total. The zero-order valence-electron chi connectivity index (χ0n) is 16.7. The van der Waals surface area contributed by atoms with E-state index in [1.54, 1.807) is 23.7 Å². The van der Waals surface area contributed by atoms with Crippen LogP contribution in [0.2, 0.25) is 0 Å². The monoisotopic (exact) mass is 406 g/mol. The van der Waals surface area contributed by atoms with E-state index in [-0.39, 0.29) is 23.6 Å². The number of hydrogen-bond donors (Lipinski definition) is 0. The summed E-state index contributed by atoms with van der Waals surface area (Å²) in [6.45, 7) is 4.34. The number of carbonyl (C=O) groups excluding carboxylic acids is 1. The Labute approximate surface area is 173 Å². The van der Waals surface area contributed by atoms with Crippen molar-refractivity contribution < 1.29 is 4.79 Å². The summed E-state index contributed by atoms with van der Waals surface area (Å²) in [5.41, 5.74) is 3.27. The van der Waals surface area contributed by atoms with Gasteiger partial charge in [0.1, 0.15) is 0 Å². The molecule has 0 saturated heterocycles. The van der Waals surface area contributed by atoms with Crippen LogP contribution in [0.5, 0.6) is 0 Å². The van der Waals surface area contributed by atoms with E-state index in [4.69, 9.17) is 5.26 Å². The van der Waals surface area contributed by atoms with Gasteiger partial charge in [0.2, 0.25) is 5.91 Å². The van der Waals surface area contributed by atoms with Crippen molar-refractivity contribution in [1.82, 2.24) is 14.5 Å². The van der Waals surface area contributed by atoms with E-state index in [9.17, 15) is 9.59 Å². The van der Waals surface area contributed by atoms with Crippen molar-refractivity contribution in [3.05, 3.63) is 63.9 Å². The Morgan fingerprint density at radius 3 is 2.72 bits per heavy atom. The van der Waals surface area contributed by atoms with Gasteiger partial charge in [0, 0.05) is 13.6 Å². The predicted molar refractivity (Wildman–Crippen MR) is 115 cm³/mol. The molecule has 7 heteroatoms. The van der Waals surface area contributed by atoms with Crippen LogP contribution in [0.1, 0.15) is 17.5 Å². The molecule has 0 aliphatic carbocycles. The number of nitriles is 1. The number of benzene rings is 2. The Kier molecular flexibility index (Phi) is 6.35. The van der Waals surface area contributed by atoms with E-state index in [0.717, 1.165) is 16.8 Å². The van der Waals surface area contributed by atoms with Crippen molar-refractivity contribution in [2.24, 2.45) is 0 Å². The van der Waals surface area contributed by atoms with Crippen molar-refractivity contribution in [2.75, 3.05) is 19.3 Å². The van der Waals surface area contributed by atoms with Crippen LogP contribution in [0.15, 0.2) is 52.4 Å². The molecule has 0 bridgehead atoms. The normalized spacial score (nSPS) is 10.7. The quantitative estimate of drug-likeness (QED) is 0.463. The number of aromatic nitrogens is 2. The van der Waals surface area contributed by atoms with Gasteiger partial charge in [0.15, 0.2) is 5.16 Å². The summed E-state index contributed by atoms with van der Waals surface area (Å²) in [7, 11) is 1.67. The van der Waals surface area contributed by atoms with E-state index in [2.05, 4.69) is 4.98 Å². The highest BCUT2D eigenvalue weighted by atomic mass is 32.2. The molecule has 29 heavy (non-hydrogen) atoms. The lowest BCUT2D eigenvalue weighted by molar-refractivity contribution is -0.127. The number of hydrogen-bond acceptors (Lipinski definition) is 5. The Morgan fingerprint density at radius 2 is 2.00 bits per heavy atom. The minimum atomic E-state index is -0.157. The third-order valence-electron chi connectivity index (χ3n) is 4.65. The summed E-state index contributed by atoms with van der Waals surface area (Å²) in [4.78, 5) is 31.9. The SMILES string of the molecule is Cc1ccc(-n2c(SCC(=O)N(C)CCC#N)nc3ccccc3c2=O)c(C)c1. The molecule has 0 radical (unpaired) electrons. The lowest BCUT2D eigenvalue weighted by atomic mass is 10.1. The summed E-state index contributed by atoms with van der Waals surface area (Å²) in [5, 5.41) is 9.71. The largest absolute Gasteiger partial charge is 0.344 e.